The van der Waals surface area contributed by atoms with Gasteiger partial charge in [-0.2, -0.15) is 0 Å². The van der Waals surface area contributed by atoms with E-state index in [1.54, 1.807) is 12.1 Å². The molecule has 0 saturated carbocycles. The highest BCUT2D eigenvalue weighted by molar-refractivity contribution is 5.99. The van der Waals surface area contributed by atoms with Crippen molar-refractivity contribution in [2.45, 2.75) is 52.1 Å². The Hall–Kier alpha value is -2.45. The van der Waals surface area contributed by atoms with Gasteiger partial charge in [-0.25, -0.2) is 0 Å². The second-order valence-corrected chi connectivity index (χ2v) is 9.46. The maximum atomic E-state index is 13.1. The van der Waals surface area contributed by atoms with E-state index in [9.17, 15) is 14.4 Å². The lowest BCUT2D eigenvalue weighted by Crippen LogP contribution is -2.57. The number of anilines is 1. The molecule has 2 amide bonds. The summed E-state index contributed by atoms with van der Waals surface area (Å²) in [5, 5.41) is 9.15. The lowest BCUT2D eigenvalue weighted by atomic mass is 9.90. The summed E-state index contributed by atoms with van der Waals surface area (Å²) in [6.45, 7) is 10.3. The molecule has 0 spiro atoms. The fourth-order valence-corrected chi connectivity index (χ4v) is 4.52. The van der Waals surface area contributed by atoms with Gasteiger partial charge in [-0.1, -0.05) is 27.2 Å². The van der Waals surface area contributed by atoms with Crippen molar-refractivity contribution in [1.29, 1.82) is 0 Å². The van der Waals surface area contributed by atoms with Gasteiger partial charge in [0.15, 0.2) is 5.78 Å². The highest BCUT2D eigenvalue weighted by atomic mass is 16.5. The number of carbonyl (C=O) groups is 3. The van der Waals surface area contributed by atoms with Crippen LogP contribution in [0.5, 0.6) is 0 Å². The Balaban J connectivity index is 1.65. The van der Waals surface area contributed by atoms with Gasteiger partial charge in [-0.15, -0.1) is 0 Å². The zero-order valence-corrected chi connectivity index (χ0v) is 20.1. The zero-order chi connectivity index (χ0) is 23.8. The summed E-state index contributed by atoms with van der Waals surface area (Å²) in [4.78, 5) is 40.8. The number of carbonyl (C=O) groups excluding carboxylic acids is 3. The van der Waals surface area contributed by atoms with E-state index in [1.807, 2.05) is 32.9 Å². The number of ketones is 1. The number of benzene rings is 1. The van der Waals surface area contributed by atoms with Crippen molar-refractivity contribution in [3.05, 3.63) is 29.8 Å². The van der Waals surface area contributed by atoms with Gasteiger partial charge in [0.2, 0.25) is 5.91 Å². The monoisotopic (exact) mass is 458 g/mol. The third-order valence-electron chi connectivity index (χ3n) is 6.29. The van der Waals surface area contributed by atoms with Crippen molar-refractivity contribution < 1.29 is 19.1 Å². The summed E-state index contributed by atoms with van der Waals surface area (Å²) < 4.78 is 5.38. The summed E-state index contributed by atoms with van der Waals surface area (Å²) in [5.41, 5.74) is 1.60. The highest BCUT2D eigenvalue weighted by Crippen LogP contribution is 2.19. The van der Waals surface area contributed by atoms with Crippen LogP contribution in [0.1, 0.15) is 50.4 Å². The molecule has 0 aromatic heterocycles. The number of nitrogens with zero attached hydrogens (tertiary/aromatic N) is 1. The molecule has 8 heteroatoms. The number of hydrogen-bond donors (Lipinski definition) is 3. The average Bonchev–Trinajstić information content (AvgIpc) is 2.81. The second kappa shape index (κ2) is 12.1. The molecule has 2 aliphatic heterocycles. The summed E-state index contributed by atoms with van der Waals surface area (Å²) >= 11 is 0. The molecular weight excluding hydrogens is 420 g/mol. The predicted molar refractivity (Wildman–Crippen MR) is 128 cm³/mol. The topological polar surface area (TPSA) is 99.8 Å². The van der Waals surface area contributed by atoms with Gasteiger partial charge >= 0.3 is 0 Å². The fraction of sp³-hybridized carbons (Fsp3) is 0.640. The molecule has 182 valence electrons. The first-order chi connectivity index (χ1) is 15.9. The van der Waals surface area contributed by atoms with Gasteiger partial charge in [-0.3, -0.25) is 14.4 Å². The molecule has 8 nitrogen and oxygen atoms in total. The highest BCUT2D eigenvalue weighted by Gasteiger charge is 2.35. The molecule has 0 radical (unpaired) electrons. The molecule has 3 atom stereocenters. The molecule has 1 aromatic carbocycles. The summed E-state index contributed by atoms with van der Waals surface area (Å²) in [5.74, 6) is -0.533. The number of amides is 2. The zero-order valence-electron chi connectivity index (χ0n) is 20.1. The number of Topliss-reactive ketones (excluding diaryl/α,β-unsaturated/α-hetero) is 1. The Bertz CT molecular complexity index is 803. The van der Waals surface area contributed by atoms with E-state index in [2.05, 4.69) is 20.9 Å². The minimum absolute atomic E-state index is 0.0196. The molecular formula is C25H38N4O4. The van der Waals surface area contributed by atoms with Crippen LogP contribution in [0.4, 0.5) is 5.69 Å². The van der Waals surface area contributed by atoms with Crippen molar-refractivity contribution in [2.75, 3.05) is 44.3 Å². The molecule has 2 aliphatic rings. The summed E-state index contributed by atoms with van der Waals surface area (Å²) in [6, 6.07) is 6.24. The SMILES string of the molecule is CCCC1COCC(=O)[C@H]1NC(=O)C(CC(C)C)NC(=O)c1ccc(N2CCNCC2)cc1. The summed E-state index contributed by atoms with van der Waals surface area (Å²) in [6.07, 6.45) is 2.20. The van der Waals surface area contributed by atoms with Gasteiger partial charge < -0.3 is 25.6 Å². The Morgan fingerprint density at radius 3 is 2.52 bits per heavy atom. The lowest BCUT2D eigenvalue weighted by Gasteiger charge is -2.32. The normalized spacial score (nSPS) is 22.2. The Morgan fingerprint density at radius 1 is 1.18 bits per heavy atom. The van der Waals surface area contributed by atoms with Crippen molar-refractivity contribution in [3.8, 4) is 0 Å². The number of rotatable bonds is 9. The van der Waals surface area contributed by atoms with Crippen molar-refractivity contribution in [3.63, 3.8) is 0 Å². The standard InChI is InChI=1S/C25H38N4O4/c1-4-5-19-15-33-16-22(30)23(19)28-25(32)21(14-17(2)3)27-24(31)18-6-8-20(9-7-18)29-12-10-26-11-13-29/h6-9,17,19,21,23,26H,4-5,10-16H2,1-3H3,(H,27,31)(H,28,32)/t19?,21?,23-/m0/s1. The molecule has 1 aromatic rings. The van der Waals surface area contributed by atoms with Crippen molar-refractivity contribution >= 4 is 23.3 Å². The molecule has 3 rings (SSSR count). The minimum Gasteiger partial charge on any atom is -0.373 e. The quantitative estimate of drug-likeness (QED) is 0.521. The molecule has 33 heavy (non-hydrogen) atoms. The van der Waals surface area contributed by atoms with Crippen LogP contribution in [-0.4, -0.2) is 69.1 Å². The molecule has 0 aliphatic carbocycles. The van der Waals surface area contributed by atoms with E-state index in [4.69, 9.17) is 4.74 Å². The van der Waals surface area contributed by atoms with Crippen LogP contribution in [0.2, 0.25) is 0 Å². The van der Waals surface area contributed by atoms with Crippen LogP contribution < -0.4 is 20.9 Å². The summed E-state index contributed by atoms with van der Waals surface area (Å²) in [7, 11) is 0. The maximum Gasteiger partial charge on any atom is 0.251 e. The van der Waals surface area contributed by atoms with Gasteiger partial charge in [0.05, 0.1) is 12.6 Å². The first-order valence-electron chi connectivity index (χ1n) is 12.2. The van der Waals surface area contributed by atoms with Crippen molar-refractivity contribution in [1.82, 2.24) is 16.0 Å². The molecule has 2 heterocycles. The third kappa shape index (κ3) is 7.01. The number of piperazine rings is 1. The first-order valence-corrected chi connectivity index (χ1v) is 12.2. The Kier molecular flexibility index (Phi) is 9.26. The van der Waals surface area contributed by atoms with E-state index in [1.165, 1.54) is 0 Å². The van der Waals surface area contributed by atoms with E-state index >= 15 is 0 Å². The number of nitrogens with one attached hydrogen (secondary N) is 3. The van der Waals surface area contributed by atoms with Crippen LogP contribution in [0.3, 0.4) is 0 Å². The minimum atomic E-state index is -0.705. The van der Waals surface area contributed by atoms with E-state index in [-0.39, 0.29) is 36.0 Å². The van der Waals surface area contributed by atoms with Crippen LogP contribution in [-0.2, 0) is 14.3 Å². The molecule has 2 saturated heterocycles. The largest absolute Gasteiger partial charge is 0.373 e. The van der Waals surface area contributed by atoms with Gasteiger partial charge in [-0.05, 0) is 43.0 Å². The van der Waals surface area contributed by atoms with Gasteiger partial charge in [0.25, 0.3) is 5.91 Å². The predicted octanol–water partition coefficient (Wildman–Crippen LogP) is 1.74. The van der Waals surface area contributed by atoms with Gasteiger partial charge in [0, 0.05) is 43.3 Å². The van der Waals surface area contributed by atoms with Gasteiger partial charge in [0.1, 0.15) is 12.6 Å². The molecule has 2 fully saturated rings. The lowest BCUT2D eigenvalue weighted by molar-refractivity contribution is -0.138. The molecule has 2 unspecified atom stereocenters. The third-order valence-corrected chi connectivity index (χ3v) is 6.29. The Morgan fingerprint density at radius 2 is 1.88 bits per heavy atom. The molecule has 0 bridgehead atoms. The molecule has 3 N–H and O–H groups in total. The maximum absolute atomic E-state index is 13.1. The van der Waals surface area contributed by atoms with E-state index < -0.39 is 12.1 Å². The number of hydrogen-bond acceptors (Lipinski definition) is 6. The van der Waals surface area contributed by atoms with Crippen LogP contribution in [0.15, 0.2) is 24.3 Å². The van der Waals surface area contributed by atoms with Crippen LogP contribution in [0.25, 0.3) is 0 Å². The van der Waals surface area contributed by atoms with Crippen LogP contribution >= 0.6 is 0 Å². The number of ether oxygens (including phenoxy) is 1. The smallest absolute Gasteiger partial charge is 0.251 e. The van der Waals surface area contributed by atoms with E-state index in [0.717, 1.165) is 44.7 Å². The van der Waals surface area contributed by atoms with E-state index in [0.29, 0.717) is 18.6 Å². The fourth-order valence-electron chi connectivity index (χ4n) is 4.52. The second-order valence-electron chi connectivity index (χ2n) is 9.46. The average molecular weight is 459 g/mol. The first kappa shape index (κ1) is 25.2. The van der Waals surface area contributed by atoms with Crippen LogP contribution in [0, 0.1) is 11.8 Å². The Labute approximate surface area is 196 Å². The van der Waals surface area contributed by atoms with Crippen molar-refractivity contribution in [2.24, 2.45) is 11.8 Å².